The predicted octanol–water partition coefficient (Wildman–Crippen LogP) is -1.94. The molecule has 0 aromatic carbocycles. The largest absolute Gasteiger partial charge is 0.374 e. The molecule has 0 fully saturated rings. The maximum Gasteiger partial charge on any atom is 0.367 e. The van der Waals surface area contributed by atoms with Crippen LogP contribution < -0.4 is 11.4 Å². The molecule has 0 aliphatic rings. The molecule has 0 bridgehead atoms. The van der Waals surface area contributed by atoms with Gasteiger partial charge >= 0.3 is 5.69 Å². The van der Waals surface area contributed by atoms with Crippen molar-refractivity contribution in [2.45, 2.75) is 0 Å². The molecule has 6 nitrogen and oxygen atoms in total. The van der Waals surface area contributed by atoms with Crippen LogP contribution in [-0.2, 0) is 0 Å². The van der Waals surface area contributed by atoms with Gasteiger partial charge in [-0.2, -0.15) is 0 Å². The number of nitrogens with two attached hydrogens (primary N) is 1. The molecule has 1 heterocycles. The van der Waals surface area contributed by atoms with E-state index >= 15 is 0 Å². The summed E-state index contributed by atoms with van der Waals surface area (Å²) in [7, 11) is 0. The molecule has 0 atom stereocenters. The molecule has 9 heavy (non-hydrogen) atoms. The van der Waals surface area contributed by atoms with Gasteiger partial charge in [-0.25, -0.2) is 9.89 Å². The van der Waals surface area contributed by atoms with E-state index in [0.29, 0.717) is 0 Å². The summed E-state index contributed by atoms with van der Waals surface area (Å²) in [6, 6.07) is 0. The van der Waals surface area contributed by atoms with Crippen LogP contribution in [0, 0.1) is 0 Å². The van der Waals surface area contributed by atoms with E-state index in [0.717, 1.165) is 4.68 Å². The number of nitrogens with one attached hydrogen (secondary N) is 1. The minimum Gasteiger partial charge on any atom is -0.374 e. The maximum absolute atomic E-state index is 10.5. The van der Waals surface area contributed by atoms with Crippen LogP contribution in [0.4, 0.5) is 0 Å². The van der Waals surface area contributed by atoms with Crippen LogP contribution >= 0.6 is 12.2 Å². The summed E-state index contributed by atoms with van der Waals surface area (Å²) in [4.78, 5) is 10.5. The average Bonchev–Trinajstić information content (AvgIpc) is 2.13. The van der Waals surface area contributed by atoms with Crippen molar-refractivity contribution in [2.75, 3.05) is 0 Å². The van der Waals surface area contributed by atoms with Crippen molar-refractivity contribution in [1.82, 2.24) is 20.2 Å². The summed E-state index contributed by atoms with van der Waals surface area (Å²) in [5, 5.41) is 8.31. The molecule has 1 aromatic heterocycles. The quantitative estimate of drug-likeness (QED) is 0.414. The molecule has 7 heteroatoms. The Labute approximate surface area is 54.6 Å². The van der Waals surface area contributed by atoms with E-state index in [4.69, 9.17) is 5.73 Å². The first-order chi connectivity index (χ1) is 4.22. The Balaban J connectivity index is 3.24. The minimum absolute atomic E-state index is 0.117. The zero-order chi connectivity index (χ0) is 6.85. The van der Waals surface area contributed by atoms with Gasteiger partial charge in [0.15, 0.2) is 5.11 Å². The number of hydrogen-bond acceptors (Lipinski definition) is 4. The number of hydrogen-bond donors (Lipinski definition) is 2. The van der Waals surface area contributed by atoms with Gasteiger partial charge in [-0.3, -0.25) is 0 Å². The highest BCUT2D eigenvalue weighted by atomic mass is 32.1. The second-order valence-corrected chi connectivity index (χ2v) is 1.67. The highest BCUT2D eigenvalue weighted by Gasteiger charge is 1.98. The Kier molecular flexibility index (Phi) is 1.27. The molecule has 48 valence electrons. The van der Waals surface area contributed by atoms with Crippen LogP contribution in [0.15, 0.2) is 4.79 Å². The summed E-state index contributed by atoms with van der Waals surface area (Å²) in [6.07, 6.45) is 0. The van der Waals surface area contributed by atoms with Gasteiger partial charge in [-0.1, -0.05) is 0 Å². The van der Waals surface area contributed by atoms with Crippen LogP contribution in [0.2, 0.25) is 0 Å². The van der Waals surface area contributed by atoms with E-state index in [1.54, 1.807) is 0 Å². The summed E-state index contributed by atoms with van der Waals surface area (Å²) < 4.78 is 0.787. The Bertz CT molecular complexity index is 272. The first-order valence-corrected chi connectivity index (χ1v) is 2.43. The van der Waals surface area contributed by atoms with E-state index in [-0.39, 0.29) is 5.11 Å². The van der Waals surface area contributed by atoms with Crippen molar-refractivity contribution in [3.63, 3.8) is 0 Å². The van der Waals surface area contributed by atoms with Gasteiger partial charge in [-0.15, -0.1) is 4.68 Å². The summed E-state index contributed by atoms with van der Waals surface area (Å²) >= 11 is 4.42. The fourth-order valence-electron chi connectivity index (χ4n) is 0.342. The van der Waals surface area contributed by atoms with Gasteiger partial charge in [0.2, 0.25) is 0 Å². The van der Waals surface area contributed by atoms with Gasteiger partial charge < -0.3 is 5.73 Å². The van der Waals surface area contributed by atoms with Crippen molar-refractivity contribution in [2.24, 2.45) is 5.73 Å². The molecule has 0 unspecified atom stereocenters. The van der Waals surface area contributed by atoms with Crippen LogP contribution in [0.1, 0.15) is 0 Å². The normalized spacial score (nSPS) is 9.33. The molecule has 1 rings (SSSR count). The van der Waals surface area contributed by atoms with E-state index in [9.17, 15) is 4.79 Å². The van der Waals surface area contributed by atoms with Gasteiger partial charge in [0.1, 0.15) is 0 Å². The molecule has 0 saturated carbocycles. The molecular weight excluding hydrogens is 142 g/mol. The molecule has 1 aromatic rings. The third kappa shape index (κ3) is 0.941. The van der Waals surface area contributed by atoms with E-state index < -0.39 is 5.69 Å². The SMILES string of the molecule is NC(=S)n1nn[nH]c1=O. The number of H-pyrrole nitrogens is 1. The third-order valence-corrected chi connectivity index (χ3v) is 0.854. The highest BCUT2D eigenvalue weighted by molar-refractivity contribution is 7.80. The van der Waals surface area contributed by atoms with E-state index in [2.05, 4.69) is 22.6 Å². The number of aromatic nitrogens is 4. The summed E-state index contributed by atoms with van der Waals surface area (Å²) in [6.45, 7) is 0. The summed E-state index contributed by atoms with van der Waals surface area (Å²) in [5.74, 6) is 0. The van der Waals surface area contributed by atoms with Crippen molar-refractivity contribution in [3.05, 3.63) is 10.5 Å². The second kappa shape index (κ2) is 1.94. The minimum atomic E-state index is -0.525. The lowest BCUT2D eigenvalue weighted by atomic mass is 11.1. The zero-order valence-electron chi connectivity index (χ0n) is 4.24. The first kappa shape index (κ1) is 5.89. The van der Waals surface area contributed by atoms with Gasteiger partial charge in [0, 0.05) is 0 Å². The van der Waals surface area contributed by atoms with Gasteiger partial charge in [-0.05, 0) is 22.6 Å². The molecule has 0 aliphatic carbocycles. The van der Waals surface area contributed by atoms with Crippen LogP contribution in [-0.4, -0.2) is 25.3 Å². The van der Waals surface area contributed by atoms with Crippen LogP contribution in [0.25, 0.3) is 0 Å². The molecule has 0 radical (unpaired) electrons. The summed E-state index contributed by atoms with van der Waals surface area (Å²) in [5.41, 5.74) is 4.51. The fourth-order valence-corrected chi connectivity index (χ4v) is 0.461. The van der Waals surface area contributed by atoms with Gasteiger partial charge in [0.25, 0.3) is 0 Å². The topological polar surface area (TPSA) is 89.6 Å². The third-order valence-electron chi connectivity index (χ3n) is 0.681. The monoisotopic (exact) mass is 145 g/mol. The first-order valence-electron chi connectivity index (χ1n) is 2.02. The zero-order valence-corrected chi connectivity index (χ0v) is 5.05. The molecule has 0 amide bonds. The standard InChI is InChI=1S/C2H3N5OS/c3-1(9)7-2(8)4-5-6-7/h(H2,3,9)(H,4,6,8). The van der Waals surface area contributed by atoms with Crippen molar-refractivity contribution < 1.29 is 0 Å². The number of aromatic amines is 1. The van der Waals surface area contributed by atoms with Crippen molar-refractivity contribution in [3.8, 4) is 0 Å². The number of nitrogens with zero attached hydrogens (tertiary/aromatic N) is 3. The predicted molar refractivity (Wildman–Crippen MR) is 32.8 cm³/mol. The molecule has 0 spiro atoms. The van der Waals surface area contributed by atoms with Gasteiger partial charge in [0.05, 0.1) is 0 Å². The maximum atomic E-state index is 10.5. The van der Waals surface area contributed by atoms with Crippen molar-refractivity contribution >= 4 is 17.3 Å². The average molecular weight is 145 g/mol. The lowest BCUT2D eigenvalue weighted by Gasteiger charge is -1.86. The fraction of sp³-hybridized carbons (Fsp3) is 0. The Hall–Kier alpha value is -1.24. The number of rotatable bonds is 0. The van der Waals surface area contributed by atoms with E-state index in [1.165, 1.54) is 0 Å². The van der Waals surface area contributed by atoms with Crippen molar-refractivity contribution in [1.29, 1.82) is 0 Å². The Morgan fingerprint density at radius 3 is 2.78 bits per heavy atom. The molecular formula is C2H3N5OS. The lowest BCUT2D eigenvalue weighted by Crippen LogP contribution is -2.30. The molecule has 0 aliphatic heterocycles. The highest BCUT2D eigenvalue weighted by Crippen LogP contribution is 1.62. The Morgan fingerprint density at radius 2 is 2.56 bits per heavy atom. The number of tetrazole rings is 1. The van der Waals surface area contributed by atoms with Crippen LogP contribution in [0.5, 0.6) is 0 Å². The molecule has 0 saturated heterocycles. The lowest BCUT2D eigenvalue weighted by molar-refractivity contribution is 0.817. The smallest absolute Gasteiger partial charge is 0.367 e. The van der Waals surface area contributed by atoms with E-state index in [1.807, 2.05) is 5.10 Å². The second-order valence-electron chi connectivity index (χ2n) is 1.26. The molecule has 3 N–H and O–H groups in total. The Morgan fingerprint density at radius 1 is 1.89 bits per heavy atom. The van der Waals surface area contributed by atoms with Crippen LogP contribution in [0.3, 0.4) is 0 Å². The number of thiocarbonyl (C=S) groups is 1.